The third kappa shape index (κ3) is 4.21. The lowest BCUT2D eigenvalue weighted by Crippen LogP contribution is -2.57. The molecule has 4 bridgehead atoms. The number of hydrogen-bond donors (Lipinski definition) is 2. The molecule has 0 aromatic heterocycles. The number of piperidine rings is 1. The average molecular weight is 495 g/mol. The van der Waals surface area contributed by atoms with E-state index in [4.69, 9.17) is 0 Å². The van der Waals surface area contributed by atoms with Crippen LogP contribution in [0.15, 0.2) is 53.4 Å². The van der Waals surface area contributed by atoms with E-state index in [0.717, 1.165) is 51.4 Å². The maximum atomic E-state index is 12.8. The van der Waals surface area contributed by atoms with Gasteiger partial charge in [-0.05, 0) is 111 Å². The smallest absolute Gasteiger partial charge is 0.255 e. The Morgan fingerprint density at radius 3 is 2.11 bits per heavy atom. The number of anilines is 1. The zero-order valence-electron chi connectivity index (χ0n) is 20.1. The van der Waals surface area contributed by atoms with Gasteiger partial charge in [0.15, 0.2) is 0 Å². The van der Waals surface area contributed by atoms with Crippen molar-refractivity contribution in [1.29, 1.82) is 0 Å². The molecule has 2 aromatic carbocycles. The van der Waals surface area contributed by atoms with Gasteiger partial charge in [0.25, 0.3) is 5.91 Å². The van der Waals surface area contributed by atoms with Gasteiger partial charge in [-0.15, -0.1) is 0 Å². The number of amides is 1. The highest BCUT2D eigenvalue weighted by molar-refractivity contribution is 7.89. The van der Waals surface area contributed by atoms with Crippen molar-refractivity contribution in [1.82, 2.24) is 4.31 Å². The number of carbonyl (C=O) groups is 1. The van der Waals surface area contributed by atoms with Gasteiger partial charge in [0.05, 0.1) is 10.5 Å². The Morgan fingerprint density at radius 2 is 1.51 bits per heavy atom. The van der Waals surface area contributed by atoms with Crippen LogP contribution in [0.3, 0.4) is 0 Å². The minimum absolute atomic E-state index is 0.0665. The van der Waals surface area contributed by atoms with E-state index in [-0.39, 0.29) is 16.2 Å². The summed E-state index contributed by atoms with van der Waals surface area (Å²) in [6, 6.07) is 14.3. The van der Waals surface area contributed by atoms with Crippen molar-refractivity contribution in [2.24, 2.45) is 11.8 Å². The predicted octanol–water partition coefficient (Wildman–Crippen LogP) is 4.70. The lowest BCUT2D eigenvalue weighted by molar-refractivity contribution is -0.136. The second-order valence-corrected chi connectivity index (χ2v) is 13.4. The molecule has 1 heterocycles. The molecule has 2 aromatic rings. The SMILES string of the molecule is O=C(Nc1ccc(C23C[C@H]4C[C@@H](CC(O)(C4)C2)C3)cc1)c1ccc(S(=O)(=O)N2CCCCC2)cc1. The second kappa shape index (κ2) is 8.43. The fourth-order valence-electron chi connectivity index (χ4n) is 7.69. The summed E-state index contributed by atoms with van der Waals surface area (Å²) in [6.07, 6.45) is 9.19. The van der Waals surface area contributed by atoms with Crippen molar-refractivity contribution in [2.75, 3.05) is 18.4 Å². The van der Waals surface area contributed by atoms with Gasteiger partial charge in [0, 0.05) is 24.3 Å². The molecule has 35 heavy (non-hydrogen) atoms. The monoisotopic (exact) mass is 494 g/mol. The molecule has 1 amide bonds. The summed E-state index contributed by atoms with van der Waals surface area (Å²) < 4.78 is 27.2. The molecule has 7 rings (SSSR count). The molecule has 4 aliphatic carbocycles. The molecule has 4 saturated carbocycles. The average Bonchev–Trinajstić information content (AvgIpc) is 2.83. The minimum Gasteiger partial charge on any atom is -0.390 e. The number of nitrogens with one attached hydrogen (secondary N) is 1. The Balaban J connectivity index is 1.14. The molecular formula is C28H34N2O4S. The third-order valence-electron chi connectivity index (χ3n) is 8.85. The molecule has 6 nitrogen and oxygen atoms in total. The minimum atomic E-state index is -3.51. The first-order valence-electron chi connectivity index (χ1n) is 13.0. The first-order valence-corrected chi connectivity index (χ1v) is 14.4. The Morgan fingerprint density at radius 1 is 0.886 bits per heavy atom. The normalized spacial score (nSPS) is 32.5. The van der Waals surface area contributed by atoms with Crippen molar-refractivity contribution in [3.63, 3.8) is 0 Å². The summed E-state index contributed by atoms with van der Waals surface area (Å²) >= 11 is 0. The van der Waals surface area contributed by atoms with Crippen LogP contribution in [0.5, 0.6) is 0 Å². The molecule has 2 atom stereocenters. The van der Waals surface area contributed by atoms with Crippen LogP contribution in [0.25, 0.3) is 0 Å². The van der Waals surface area contributed by atoms with E-state index in [1.165, 1.54) is 28.4 Å². The molecule has 7 heteroatoms. The first kappa shape index (κ1) is 23.2. The molecule has 1 aliphatic heterocycles. The number of benzene rings is 2. The molecule has 2 N–H and O–H groups in total. The van der Waals surface area contributed by atoms with Crippen LogP contribution in [-0.2, 0) is 15.4 Å². The molecule has 5 fully saturated rings. The number of rotatable bonds is 5. The molecule has 5 aliphatic rings. The fraction of sp³-hybridized carbons (Fsp3) is 0.536. The molecule has 186 valence electrons. The number of aliphatic hydroxyl groups is 1. The summed E-state index contributed by atoms with van der Waals surface area (Å²) in [6.45, 7) is 1.12. The first-order chi connectivity index (χ1) is 16.7. The van der Waals surface area contributed by atoms with Gasteiger partial charge in [-0.2, -0.15) is 4.31 Å². The summed E-state index contributed by atoms with van der Waals surface area (Å²) in [4.78, 5) is 13.1. The van der Waals surface area contributed by atoms with Gasteiger partial charge < -0.3 is 10.4 Å². The number of hydrogen-bond acceptors (Lipinski definition) is 4. The maximum Gasteiger partial charge on any atom is 0.255 e. The quantitative estimate of drug-likeness (QED) is 0.631. The van der Waals surface area contributed by atoms with E-state index < -0.39 is 15.6 Å². The van der Waals surface area contributed by atoms with E-state index in [1.807, 2.05) is 12.1 Å². The number of nitrogens with zero attached hydrogens (tertiary/aromatic N) is 1. The predicted molar refractivity (Wildman–Crippen MR) is 135 cm³/mol. The summed E-state index contributed by atoms with van der Waals surface area (Å²) in [5, 5.41) is 14.0. The van der Waals surface area contributed by atoms with E-state index in [1.54, 1.807) is 12.1 Å². The van der Waals surface area contributed by atoms with Crippen LogP contribution in [0.2, 0.25) is 0 Å². The molecule has 0 spiro atoms. The van der Waals surface area contributed by atoms with Crippen molar-refractivity contribution >= 4 is 21.6 Å². The Bertz CT molecular complexity index is 1200. The highest BCUT2D eigenvalue weighted by atomic mass is 32.2. The van der Waals surface area contributed by atoms with E-state index in [2.05, 4.69) is 17.4 Å². The van der Waals surface area contributed by atoms with Crippen LogP contribution in [-0.4, -0.2) is 42.4 Å². The highest BCUT2D eigenvalue weighted by Gasteiger charge is 2.57. The van der Waals surface area contributed by atoms with Crippen molar-refractivity contribution in [3.8, 4) is 0 Å². The molecule has 1 saturated heterocycles. The summed E-state index contributed by atoms with van der Waals surface area (Å²) in [5.41, 5.74) is 1.99. The lowest BCUT2D eigenvalue weighted by atomic mass is 9.46. The van der Waals surface area contributed by atoms with Crippen LogP contribution < -0.4 is 5.32 Å². The summed E-state index contributed by atoms with van der Waals surface area (Å²) in [5.74, 6) is 0.994. The Hall–Kier alpha value is -2.22. The van der Waals surface area contributed by atoms with Crippen LogP contribution in [0, 0.1) is 11.8 Å². The van der Waals surface area contributed by atoms with E-state index in [9.17, 15) is 18.3 Å². The largest absolute Gasteiger partial charge is 0.390 e. The zero-order valence-corrected chi connectivity index (χ0v) is 20.9. The van der Waals surface area contributed by atoms with Crippen LogP contribution >= 0.6 is 0 Å². The van der Waals surface area contributed by atoms with Crippen molar-refractivity contribution < 1.29 is 18.3 Å². The van der Waals surface area contributed by atoms with Crippen molar-refractivity contribution in [3.05, 3.63) is 59.7 Å². The van der Waals surface area contributed by atoms with Gasteiger partial charge in [-0.1, -0.05) is 18.6 Å². The molecular weight excluding hydrogens is 460 g/mol. The Kier molecular flexibility index (Phi) is 5.58. The van der Waals surface area contributed by atoms with Gasteiger partial charge in [-0.25, -0.2) is 8.42 Å². The topological polar surface area (TPSA) is 86.7 Å². The summed E-state index contributed by atoms with van der Waals surface area (Å²) in [7, 11) is -3.51. The lowest BCUT2D eigenvalue weighted by Gasteiger charge is -2.60. The number of sulfonamides is 1. The second-order valence-electron chi connectivity index (χ2n) is 11.5. The van der Waals surface area contributed by atoms with Gasteiger partial charge in [-0.3, -0.25) is 4.79 Å². The molecule has 0 unspecified atom stereocenters. The van der Waals surface area contributed by atoms with E-state index in [0.29, 0.717) is 36.2 Å². The highest BCUT2D eigenvalue weighted by Crippen LogP contribution is 2.62. The standard InChI is InChI=1S/C28H34N2O4S/c31-26(22-4-10-25(11-5-22)35(33,34)30-12-2-1-3-13-30)29-24-8-6-23(7-9-24)27-15-20-14-21(16-27)18-28(32,17-20)19-27/h4-11,20-21,32H,1-3,12-19H2,(H,29,31)/t20-,21-,27?,28?/m1/s1. The van der Waals surface area contributed by atoms with Crippen molar-refractivity contribution in [2.45, 2.75) is 73.7 Å². The fourth-order valence-corrected chi connectivity index (χ4v) is 9.21. The van der Waals surface area contributed by atoms with E-state index >= 15 is 0 Å². The van der Waals surface area contributed by atoms with Gasteiger partial charge >= 0.3 is 0 Å². The van der Waals surface area contributed by atoms with Crippen LogP contribution in [0.1, 0.15) is 73.7 Å². The zero-order chi connectivity index (χ0) is 24.3. The Labute approximate surface area is 207 Å². The number of carbonyl (C=O) groups excluding carboxylic acids is 1. The maximum absolute atomic E-state index is 12.8. The van der Waals surface area contributed by atoms with Gasteiger partial charge in [0.1, 0.15) is 0 Å². The van der Waals surface area contributed by atoms with Gasteiger partial charge in [0.2, 0.25) is 10.0 Å². The molecule has 0 radical (unpaired) electrons. The van der Waals surface area contributed by atoms with Crippen LogP contribution in [0.4, 0.5) is 5.69 Å². The third-order valence-corrected chi connectivity index (χ3v) is 10.8.